The van der Waals surface area contributed by atoms with Crippen LogP contribution in [-0.4, -0.2) is 0 Å². The van der Waals surface area contributed by atoms with Gasteiger partial charge in [-0.3, -0.25) is 0 Å². The first-order valence-corrected chi connectivity index (χ1v) is 15.0. The summed E-state index contributed by atoms with van der Waals surface area (Å²) in [7, 11) is 0. The largest absolute Gasteiger partial charge is 0.311 e. The van der Waals surface area contributed by atoms with Crippen LogP contribution in [0.25, 0.3) is 29.9 Å². The maximum absolute atomic E-state index is 3.91. The summed E-state index contributed by atoms with van der Waals surface area (Å²) in [5.74, 6) is 0. The van der Waals surface area contributed by atoms with Crippen molar-refractivity contribution in [3.63, 3.8) is 0 Å². The molecule has 0 unspecified atom stereocenters. The van der Waals surface area contributed by atoms with Crippen molar-refractivity contribution in [3.05, 3.63) is 108 Å². The Morgan fingerprint density at radius 2 is 1.50 bits per heavy atom. The van der Waals surface area contributed by atoms with Gasteiger partial charge in [0.15, 0.2) is 0 Å². The van der Waals surface area contributed by atoms with E-state index in [1.807, 2.05) is 86.8 Å². The second kappa shape index (κ2) is 13.4. The molecular weight excluding hydrogens is 495 g/mol. The molecule has 0 aliphatic carbocycles. The number of benzene rings is 2. The molecular formula is C32H35NS3. The van der Waals surface area contributed by atoms with Gasteiger partial charge in [0.1, 0.15) is 0 Å². The molecule has 0 amide bonds. The summed E-state index contributed by atoms with van der Waals surface area (Å²) in [5.41, 5.74) is 5.93. The summed E-state index contributed by atoms with van der Waals surface area (Å²) in [6.45, 7) is 16.1. The van der Waals surface area contributed by atoms with Gasteiger partial charge in [0.25, 0.3) is 0 Å². The highest BCUT2D eigenvalue weighted by atomic mass is 32.1. The molecule has 0 N–H and O–H groups in total. The van der Waals surface area contributed by atoms with Crippen LogP contribution in [0.5, 0.6) is 0 Å². The second-order valence-corrected chi connectivity index (χ2v) is 10.7. The van der Waals surface area contributed by atoms with E-state index >= 15 is 0 Å². The topological polar surface area (TPSA) is 3.24 Å². The monoisotopic (exact) mass is 529 g/mol. The summed E-state index contributed by atoms with van der Waals surface area (Å²) in [6.07, 6.45) is 8.06. The summed E-state index contributed by atoms with van der Waals surface area (Å²) in [6, 6.07) is 21.7. The Labute approximate surface area is 228 Å². The summed E-state index contributed by atoms with van der Waals surface area (Å²) < 4.78 is 5.69. The van der Waals surface area contributed by atoms with Crippen molar-refractivity contribution in [2.24, 2.45) is 0 Å². The van der Waals surface area contributed by atoms with Gasteiger partial charge in [-0.15, -0.1) is 34.0 Å². The van der Waals surface area contributed by atoms with Crippen molar-refractivity contribution >= 4 is 64.2 Å². The summed E-state index contributed by atoms with van der Waals surface area (Å²) in [5, 5.41) is 2.31. The van der Waals surface area contributed by atoms with Gasteiger partial charge in [-0.1, -0.05) is 76.8 Å². The van der Waals surface area contributed by atoms with E-state index in [-0.39, 0.29) is 0 Å². The average Bonchev–Trinajstić information content (AvgIpc) is 3.59. The molecule has 4 heteroatoms. The Morgan fingerprint density at radius 1 is 0.833 bits per heavy atom. The third kappa shape index (κ3) is 5.73. The lowest BCUT2D eigenvalue weighted by atomic mass is 10.1. The lowest BCUT2D eigenvalue weighted by Crippen LogP contribution is -2.14. The van der Waals surface area contributed by atoms with Crippen LogP contribution in [-0.2, 0) is 0 Å². The minimum Gasteiger partial charge on any atom is -0.311 e. The van der Waals surface area contributed by atoms with Crippen LogP contribution in [0.1, 0.15) is 39.5 Å². The zero-order chi connectivity index (χ0) is 26.1. The van der Waals surface area contributed by atoms with Crippen LogP contribution >= 0.6 is 34.0 Å². The number of nitrogens with zero attached hydrogens (tertiary/aromatic N) is 1. The number of para-hydroxylation sites is 1. The van der Waals surface area contributed by atoms with E-state index < -0.39 is 0 Å². The van der Waals surface area contributed by atoms with Gasteiger partial charge in [0, 0.05) is 37.6 Å². The number of thiophene rings is 3. The highest BCUT2D eigenvalue weighted by molar-refractivity contribution is 7.38. The maximum Gasteiger partial charge on any atom is 0.0635 e. The molecule has 0 radical (unpaired) electrons. The van der Waals surface area contributed by atoms with Gasteiger partial charge >= 0.3 is 0 Å². The minimum absolute atomic E-state index is 1.08. The van der Waals surface area contributed by atoms with E-state index in [0.717, 1.165) is 17.1 Å². The highest BCUT2D eigenvalue weighted by Gasteiger charge is 2.16. The fraction of sp³-hybridized carbons (Fsp3) is 0.188. The van der Waals surface area contributed by atoms with Crippen molar-refractivity contribution in [2.75, 3.05) is 4.90 Å². The molecule has 0 aliphatic heterocycles. The number of allylic oxidation sites excluding steroid dienone is 4. The molecule has 36 heavy (non-hydrogen) atoms. The first-order valence-electron chi connectivity index (χ1n) is 12.5. The molecule has 1 nitrogen and oxygen atoms in total. The number of rotatable bonds is 6. The smallest absolute Gasteiger partial charge is 0.0635 e. The lowest BCUT2D eigenvalue weighted by Gasteiger charge is -2.26. The van der Waals surface area contributed by atoms with E-state index in [0.29, 0.717) is 0 Å². The van der Waals surface area contributed by atoms with Crippen molar-refractivity contribution < 1.29 is 0 Å². The van der Waals surface area contributed by atoms with Crippen molar-refractivity contribution in [2.45, 2.75) is 41.5 Å². The van der Waals surface area contributed by atoms with E-state index in [1.54, 1.807) is 0 Å². The number of aryl methyl sites for hydroxylation is 1. The van der Waals surface area contributed by atoms with Crippen molar-refractivity contribution in [1.82, 2.24) is 0 Å². The number of fused-ring (bicyclic) bond motifs is 3. The zero-order valence-corrected chi connectivity index (χ0v) is 24.5. The fourth-order valence-electron chi connectivity index (χ4n) is 3.95. The normalized spacial score (nSPS) is 11.2. The van der Waals surface area contributed by atoms with E-state index in [2.05, 4.69) is 90.5 Å². The Balaban J connectivity index is 0.000000861. The first-order chi connectivity index (χ1) is 17.7. The number of hydrogen-bond acceptors (Lipinski definition) is 4. The van der Waals surface area contributed by atoms with Crippen LogP contribution < -0.4 is 4.90 Å². The first kappa shape index (κ1) is 27.7. The standard InChI is InChI=1S/C28H23NS3.2C2H6/c1-4-9-21(10-5-2)29(22-11-7-6-8-12-22)23-15-13-20(14-16-23)24-18-30-28-26(24)32-25-17-19(3)31-27(25)28;2*1-2/h4-18H,1H2,2-3H3;2*1-2H3/b10-5-,21-9+;;. The SMILES string of the molecule is C=C/C=C(\C=C/C)N(c1ccccc1)c1ccc(-c2csc3c2sc2cc(C)sc23)cc1.CC.CC. The van der Waals surface area contributed by atoms with Gasteiger partial charge in [-0.2, -0.15) is 0 Å². The lowest BCUT2D eigenvalue weighted by molar-refractivity contribution is 1.21. The maximum atomic E-state index is 3.91. The van der Waals surface area contributed by atoms with Crippen LogP contribution in [0.15, 0.2) is 103 Å². The molecule has 0 saturated carbocycles. The van der Waals surface area contributed by atoms with Gasteiger partial charge in [-0.25, -0.2) is 0 Å². The third-order valence-corrected chi connectivity index (χ3v) is 8.94. The van der Waals surface area contributed by atoms with Gasteiger partial charge in [0.05, 0.1) is 14.1 Å². The fourth-order valence-corrected chi connectivity index (χ4v) is 7.93. The minimum atomic E-state index is 1.08. The second-order valence-electron chi connectivity index (χ2n) is 7.51. The Kier molecular flexibility index (Phi) is 10.3. The third-order valence-electron chi connectivity index (χ3n) is 5.32. The molecule has 0 bridgehead atoms. The predicted octanol–water partition coefficient (Wildman–Crippen LogP) is 12.0. The Hall–Kier alpha value is -2.92. The molecule has 5 aromatic rings. The summed E-state index contributed by atoms with van der Waals surface area (Å²) >= 11 is 5.69. The predicted molar refractivity (Wildman–Crippen MR) is 170 cm³/mol. The number of hydrogen-bond donors (Lipinski definition) is 0. The quantitative estimate of drug-likeness (QED) is 0.198. The van der Waals surface area contributed by atoms with Gasteiger partial charge in [0.2, 0.25) is 0 Å². The van der Waals surface area contributed by atoms with Crippen LogP contribution in [0, 0.1) is 6.92 Å². The van der Waals surface area contributed by atoms with Gasteiger partial charge < -0.3 is 4.90 Å². The number of anilines is 2. The van der Waals surface area contributed by atoms with Crippen molar-refractivity contribution in [3.8, 4) is 11.1 Å². The van der Waals surface area contributed by atoms with Gasteiger partial charge in [-0.05, 0) is 61.9 Å². The average molecular weight is 530 g/mol. The molecule has 0 saturated heterocycles. The highest BCUT2D eigenvalue weighted by Crippen LogP contribution is 2.47. The molecule has 0 aliphatic rings. The van der Waals surface area contributed by atoms with Crippen LogP contribution in [0.3, 0.4) is 0 Å². The molecule has 0 atom stereocenters. The van der Waals surface area contributed by atoms with E-state index in [9.17, 15) is 0 Å². The van der Waals surface area contributed by atoms with Crippen LogP contribution in [0.4, 0.5) is 11.4 Å². The Morgan fingerprint density at radius 3 is 2.14 bits per heavy atom. The molecule has 2 aromatic carbocycles. The molecule has 186 valence electrons. The molecule has 3 heterocycles. The van der Waals surface area contributed by atoms with Crippen molar-refractivity contribution in [1.29, 1.82) is 0 Å². The molecule has 0 fully saturated rings. The zero-order valence-electron chi connectivity index (χ0n) is 22.0. The van der Waals surface area contributed by atoms with E-state index in [1.165, 1.54) is 34.8 Å². The van der Waals surface area contributed by atoms with E-state index in [4.69, 9.17) is 0 Å². The molecule has 0 spiro atoms. The molecule has 3 aromatic heterocycles. The van der Waals surface area contributed by atoms with Crippen LogP contribution in [0.2, 0.25) is 0 Å². The Bertz CT molecular complexity index is 1440. The summed E-state index contributed by atoms with van der Waals surface area (Å²) in [4.78, 5) is 3.65. The molecule has 5 rings (SSSR count).